The fourth-order valence-corrected chi connectivity index (χ4v) is 2.33. The first-order chi connectivity index (χ1) is 9.89. The highest BCUT2D eigenvalue weighted by Gasteiger charge is 2.34. The van der Waals surface area contributed by atoms with Crippen molar-refractivity contribution in [2.45, 2.75) is 26.2 Å². The zero-order chi connectivity index (χ0) is 15.9. The van der Waals surface area contributed by atoms with Crippen molar-refractivity contribution in [1.29, 1.82) is 0 Å². The van der Waals surface area contributed by atoms with Gasteiger partial charge < -0.3 is 10.2 Å². The van der Waals surface area contributed by atoms with Crippen LogP contribution in [0.1, 0.15) is 26.2 Å². The largest absolute Gasteiger partial charge is 0.481 e. The Bertz CT molecular complexity index is 461. The Kier molecular flexibility index (Phi) is 6.37. The molecule has 0 bridgehead atoms. The molecule has 0 amide bonds. The van der Waals surface area contributed by atoms with E-state index in [1.54, 1.807) is 0 Å². The molecule has 116 valence electrons. The second kappa shape index (κ2) is 7.78. The van der Waals surface area contributed by atoms with Crippen molar-refractivity contribution >= 4 is 11.9 Å². The number of aliphatic carboxylic acids is 2. The van der Waals surface area contributed by atoms with E-state index in [4.69, 9.17) is 10.2 Å². The second-order valence-electron chi connectivity index (χ2n) is 5.55. The maximum Gasteiger partial charge on any atom is 0.331 e. The summed E-state index contributed by atoms with van der Waals surface area (Å²) in [5, 5.41) is 17.5. The van der Waals surface area contributed by atoms with Crippen LogP contribution < -0.4 is 0 Å². The number of hydrogen-bond acceptors (Lipinski definition) is 3. The molecule has 1 heterocycles. The van der Waals surface area contributed by atoms with Crippen LogP contribution in [-0.4, -0.2) is 46.7 Å². The molecule has 21 heavy (non-hydrogen) atoms. The van der Waals surface area contributed by atoms with Crippen LogP contribution in [-0.2, 0) is 9.59 Å². The van der Waals surface area contributed by atoms with Crippen molar-refractivity contribution < 1.29 is 19.8 Å². The summed E-state index contributed by atoms with van der Waals surface area (Å²) in [7, 11) is 0. The number of rotatable bonds is 4. The number of carboxylic acids is 2. The summed E-state index contributed by atoms with van der Waals surface area (Å²) in [5.74, 6) is -2.06. The van der Waals surface area contributed by atoms with Crippen LogP contribution in [0.2, 0.25) is 0 Å². The molecular formula is C16H23NO4. The molecule has 0 saturated carbocycles. The Hall–Kier alpha value is -1.88. The molecule has 2 aliphatic rings. The van der Waals surface area contributed by atoms with E-state index in [9.17, 15) is 9.59 Å². The lowest BCUT2D eigenvalue weighted by Crippen LogP contribution is -2.28. The highest BCUT2D eigenvalue weighted by atomic mass is 16.4. The lowest BCUT2D eigenvalue weighted by Gasteiger charge is -2.23. The maximum atomic E-state index is 10.8. The number of carboxylic acid groups (broad SMARTS) is 2. The van der Waals surface area contributed by atoms with Gasteiger partial charge in [-0.2, -0.15) is 0 Å². The standard InChI is InChI=1S/C9H10O4.C7H13N/c1-9(8(12)13)4-2-3-6(5-9)7(10)11;1-2-5-8-6-3-4-7-8/h2-4H,5H2,1H3,(H,10,11)(H,12,13);2H,1,3-7H2. The van der Waals surface area contributed by atoms with Crippen LogP contribution in [0.25, 0.3) is 0 Å². The van der Waals surface area contributed by atoms with Gasteiger partial charge in [0.25, 0.3) is 0 Å². The molecule has 2 N–H and O–H groups in total. The minimum Gasteiger partial charge on any atom is -0.481 e. The Balaban J connectivity index is 0.000000235. The zero-order valence-electron chi connectivity index (χ0n) is 12.4. The van der Waals surface area contributed by atoms with Gasteiger partial charge in [0.2, 0.25) is 0 Å². The number of carbonyl (C=O) groups is 2. The third-order valence-corrected chi connectivity index (χ3v) is 3.67. The van der Waals surface area contributed by atoms with Crippen molar-refractivity contribution in [3.8, 4) is 0 Å². The number of allylic oxidation sites excluding steroid dienone is 2. The van der Waals surface area contributed by atoms with Gasteiger partial charge in [0, 0.05) is 12.1 Å². The van der Waals surface area contributed by atoms with Crippen LogP contribution in [0.4, 0.5) is 0 Å². The highest BCUT2D eigenvalue weighted by molar-refractivity contribution is 5.90. The third-order valence-electron chi connectivity index (χ3n) is 3.67. The third kappa shape index (κ3) is 5.19. The first-order valence-electron chi connectivity index (χ1n) is 7.07. The van der Waals surface area contributed by atoms with E-state index in [0.29, 0.717) is 0 Å². The molecule has 1 fully saturated rings. The van der Waals surface area contributed by atoms with Crippen LogP contribution in [0.3, 0.4) is 0 Å². The minimum absolute atomic E-state index is 0.0359. The highest BCUT2D eigenvalue weighted by Crippen LogP contribution is 2.31. The van der Waals surface area contributed by atoms with Crippen LogP contribution >= 0.6 is 0 Å². The van der Waals surface area contributed by atoms with Gasteiger partial charge in [0.15, 0.2) is 0 Å². The quantitative estimate of drug-likeness (QED) is 0.778. The molecule has 1 aliphatic carbocycles. The smallest absolute Gasteiger partial charge is 0.331 e. The molecule has 1 saturated heterocycles. The van der Waals surface area contributed by atoms with Gasteiger partial charge in [-0.15, -0.1) is 6.58 Å². The van der Waals surface area contributed by atoms with E-state index in [0.717, 1.165) is 6.54 Å². The molecule has 0 aromatic carbocycles. The fraction of sp³-hybridized carbons (Fsp3) is 0.500. The van der Waals surface area contributed by atoms with Gasteiger partial charge in [0.1, 0.15) is 0 Å². The van der Waals surface area contributed by atoms with Crippen LogP contribution in [0.5, 0.6) is 0 Å². The molecule has 0 aromatic rings. The van der Waals surface area contributed by atoms with E-state index in [1.165, 1.54) is 51.1 Å². The summed E-state index contributed by atoms with van der Waals surface area (Å²) in [5.41, 5.74) is -0.949. The summed E-state index contributed by atoms with van der Waals surface area (Å²) >= 11 is 0. The van der Waals surface area contributed by atoms with Crippen molar-refractivity contribution in [3.63, 3.8) is 0 Å². The van der Waals surface area contributed by atoms with E-state index in [-0.39, 0.29) is 12.0 Å². The topological polar surface area (TPSA) is 77.8 Å². The SMILES string of the molecule is C=CCN1CCCC1.CC1(C(=O)O)C=CC=C(C(=O)O)C1. The van der Waals surface area contributed by atoms with Crippen molar-refractivity contribution in [2.24, 2.45) is 5.41 Å². The average molecular weight is 293 g/mol. The van der Waals surface area contributed by atoms with E-state index in [2.05, 4.69) is 11.5 Å². The van der Waals surface area contributed by atoms with Crippen LogP contribution in [0.15, 0.2) is 36.5 Å². The lowest BCUT2D eigenvalue weighted by molar-refractivity contribution is -0.145. The van der Waals surface area contributed by atoms with Gasteiger partial charge in [0.05, 0.1) is 5.41 Å². The maximum absolute atomic E-state index is 10.8. The van der Waals surface area contributed by atoms with E-state index < -0.39 is 17.4 Å². The van der Waals surface area contributed by atoms with Crippen LogP contribution in [0, 0.1) is 5.41 Å². The Labute approximate surface area is 125 Å². The molecule has 0 aromatic heterocycles. The molecule has 0 spiro atoms. The number of nitrogens with zero attached hydrogens (tertiary/aromatic N) is 1. The molecule has 2 rings (SSSR count). The van der Waals surface area contributed by atoms with Crippen molar-refractivity contribution in [2.75, 3.05) is 19.6 Å². The van der Waals surface area contributed by atoms with Gasteiger partial charge in [-0.05, 0) is 39.3 Å². The van der Waals surface area contributed by atoms with Gasteiger partial charge in [-0.1, -0.05) is 24.3 Å². The first-order valence-corrected chi connectivity index (χ1v) is 7.07. The molecular weight excluding hydrogens is 270 g/mol. The Morgan fingerprint density at radius 3 is 2.48 bits per heavy atom. The molecule has 1 unspecified atom stereocenters. The monoisotopic (exact) mass is 293 g/mol. The fourth-order valence-electron chi connectivity index (χ4n) is 2.33. The lowest BCUT2D eigenvalue weighted by atomic mass is 9.80. The van der Waals surface area contributed by atoms with Gasteiger partial charge in [-0.25, -0.2) is 4.79 Å². The first kappa shape index (κ1) is 17.2. The second-order valence-corrected chi connectivity index (χ2v) is 5.55. The average Bonchev–Trinajstić information content (AvgIpc) is 2.93. The number of hydrogen-bond donors (Lipinski definition) is 2. The van der Waals surface area contributed by atoms with Gasteiger partial charge >= 0.3 is 11.9 Å². The summed E-state index contributed by atoms with van der Waals surface area (Å²) in [4.78, 5) is 23.8. The summed E-state index contributed by atoms with van der Waals surface area (Å²) in [6, 6.07) is 0. The Morgan fingerprint density at radius 2 is 2.00 bits per heavy atom. The van der Waals surface area contributed by atoms with Crippen molar-refractivity contribution in [3.05, 3.63) is 36.5 Å². The normalized spacial score (nSPS) is 24.7. The molecule has 5 nitrogen and oxygen atoms in total. The van der Waals surface area contributed by atoms with Gasteiger partial charge in [-0.3, -0.25) is 9.69 Å². The summed E-state index contributed by atoms with van der Waals surface area (Å²) in [6.45, 7) is 8.84. The predicted molar refractivity (Wildman–Crippen MR) is 81.1 cm³/mol. The van der Waals surface area contributed by atoms with E-state index >= 15 is 0 Å². The molecule has 5 heteroatoms. The molecule has 0 radical (unpaired) electrons. The summed E-state index contributed by atoms with van der Waals surface area (Å²) in [6.07, 6.45) is 9.18. The zero-order valence-corrected chi connectivity index (χ0v) is 12.4. The predicted octanol–water partition coefficient (Wildman–Crippen LogP) is 2.32. The Morgan fingerprint density at radius 1 is 1.38 bits per heavy atom. The molecule has 1 atom stereocenters. The van der Waals surface area contributed by atoms with E-state index in [1.807, 2.05) is 6.08 Å². The summed E-state index contributed by atoms with van der Waals surface area (Å²) < 4.78 is 0. The minimum atomic E-state index is -1.08. The number of likely N-dealkylation sites (tertiary alicyclic amines) is 1. The molecule has 1 aliphatic heterocycles. The van der Waals surface area contributed by atoms with Crippen molar-refractivity contribution in [1.82, 2.24) is 4.90 Å².